The van der Waals surface area contributed by atoms with Gasteiger partial charge in [-0.2, -0.15) is 0 Å². The Balaban J connectivity index is 2.36. The summed E-state index contributed by atoms with van der Waals surface area (Å²) in [5, 5.41) is 3.28. The first-order valence-corrected chi connectivity index (χ1v) is 9.23. The Morgan fingerprint density at radius 1 is 1.29 bits per heavy atom. The van der Waals surface area contributed by atoms with Crippen LogP contribution in [0.3, 0.4) is 0 Å². The molecular formula is C15H27N3O2S. The van der Waals surface area contributed by atoms with E-state index < -0.39 is 10.0 Å². The fraction of sp³-hybridized carbons (Fsp3) is 0.667. The van der Waals surface area contributed by atoms with E-state index in [1.165, 1.54) is 0 Å². The summed E-state index contributed by atoms with van der Waals surface area (Å²) in [4.78, 5) is 4.24. The number of nitrogens with one attached hydrogen (secondary N) is 2. The van der Waals surface area contributed by atoms with Crippen molar-refractivity contribution in [2.24, 2.45) is 0 Å². The lowest BCUT2D eigenvalue weighted by molar-refractivity contribution is 0.555. The maximum Gasteiger partial charge on any atom is 0.211 e. The third kappa shape index (κ3) is 7.55. The molecule has 0 aliphatic rings. The van der Waals surface area contributed by atoms with Crippen molar-refractivity contribution in [3.63, 3.8) is 0 Å². The van der Waals surface area contributed by atoms with Gasteiger partial charge in [0.2, 0.25) is 10.0 Å². The van der Waals surface area contributed by atoms with Crippen LogP contribution in [0.4, 0.5) is 0 Å². The van der Waals surface area contributed by atoms with E-state index in [2.05, 4.69) is 28.9 Å². The molecule has 0 spiro atoms. The van der Waals surface area contributed by atoms with Gasteiger partial charge in [0.1, 0.15) is 0 Å². The lowest BCUT2D eigenvalue weighted by Gasteiger charge is -2.10. The van der Waals surface area contributed by atoms with E-state index in [9.17, 15) is 8.42 Å². The summed E-state index contributed by atoms with van der Waals surface area (Å²) in [6, 6.07) is 4.30. The van der Waals surface area contributed by atoms with Crippen molar-refractivity contribution in [1.82, 2.24) is 15.0 Å². The molecule has 5 nitrogen and oxygen atoms in total. The first kappa shape index (κ1) is 18.1. The molecule has 120 valence electrons. The number of aryl methyl sites for hydroxylation is 1. The quantitative estimate of drug-likeness (QED) is 0.647. The lowest BCUT2D eigenvalue weighted by atomic mass is 10.1. The molecule has 0 unspecified atom stereocenters. The molecular weight excluding hydrogens is 286 g/mol. The Morgan fingerprint density at radius 2 is 2.05 bits per heavy atom. The molecule has 1 rings (SSSR count). The van der Waals surface area contributed by atoms with Crippen LogP contribution >= 0.6 is 0 Å². The summed E-state index contributed by atoms with van der Waals surface area (Å²) in [5.74, 6) is 0.168. The highest BCUT2D eigenvalue weighted by molar-refractivity contribution is 7.89. The van der Waals surface area contributed by atoms with E-state index in [-0.39, 0.29) is 12.3 Å². The summed E-state index contributed by atoms with van der Waals surface area (Å²) < 4.78 is 26.5. The van der Waals surface area contributed by atoms with Gasteiger partial charge in [0.25, 0.3) is 0 Å². The summed E-state index contributed by atoms with van der Waals surface area (Å²) in [6.07, 6.45) is 4.08. The van der Waals surface area contributed by atoms with Crippen LogP contribution in [-0.4, -0.2) is 31.7 Å². The number of aromatic nitrogens is 1. The topological polar surface area (TPSA) is 71.1 Å². The first-order valence-electron chi connectivity index (χ1n) is 7.58. The Morgan fingerprint density at radius 3 is 2.71 bits per heavy atom. The zero-order valence-electron chi connectivity index (χ0n) is 13.2. The van der Waals surface area contributed by atoms with Crippen molar-refractivity contribution < 1.29 is 8.42 Å². The highest BCUT2D eigenvalue weighted by Crippen LogP contribution is 2.06. The van der Waals surface area contributed by atoms with E-state index in [0.717, 1.165) is 30.6 Å². The predicted octanol–water partition coefficient (Wildman–Crippen LogP) is 1.84. The van der Waals surface area contributed by atoms with Gasteiger partial charge in [0, 0.05) is 12.2 Å². The average molecular weight is 313 g/mol. The van der Waals surface area contributed by atoms with Crippen molar-refractivity contribution in [3.05, 3.63) is 29.6 Å². The normalized spacial score (nSPS) is 12.0. The number of hydrogen-bond acceptors (Lipinski definition) is 4. The molecule has 0 saturated heterocycles. The molecule has 0 aromatic carbocycles. The van der Waals surface area contributed by atoms with Crippen LogP contribution in [-0.2, 0) is 23.0 Å². The highest BCUT2D eigenvalue weighted by Gasteiger charge is 2.11. The van der Waals surface area contributed by atoms with Gasteiger partial charge in [-0.3, -0.25) is 4.98 Å². The maximum absolute atomic E-state index is 11.9. The number of rotatable bonds is 10. The third-order valence-electron chi connectivity index (χ3n) is 3.22. The summed E-state index contributed by atoms with van der Waals surface area (Å²) in [7, 11) is -3.22. The molecule has 2 N–H and O–H groups in total. The standard InChI is InChI=1S/C15H27N3O2S/c1-4-14-8-7-10-17-15(14)12-18-21(19,20)11-6-5-9-16-13(2)3/h7-8,10,13,16,18H,4-6,9,11-12H2,1-3H3. The van der Waals surface area contributed by atoms with Crippen molar-refractivity contribution in [1.29, 1.82) is 0 Å². The summed E-state index contributed by atoms with van der Waals surface area (Å²) in [5.41, 5.74) is 1.89. The van der Waals surface area contributed by atoms with Gasteiger partial charge in [-0.25, -0.2) is 13.1 Å². The minimum Gasteiger partial charge on any atom is -0.315 e. The van der Waals surface area contributed by atoms with Crippen molar-refractivity contribution in [2.45, 2.75) is 52.6 Å². The van der Waals surface area contributed by atoms with Crippen molar-refractivity contribution in [2.75, 3.05) is 12.3 Å². The lowest BCUT2D eigenvalue weighted by Crippen LogP contribution is -2.28. The Kier molecular flexibility index (Phi) is 7.85. The molecule has 1 aromatic rings. The molecule has 0 fully saturated rings. The molecule has 0 atom stereocenters. The number of unbranched alkanes of at least 4 members (excludes halogenated alkanes) is 1. The fourth-order valence-electron chi connectivity index (χ4n) is 2.01. The van der Waals surface area contributed by atoms with E-state index in [4.69, 9.17) is 0 Å². The van der Waals surface area contributed by atoms with Crippen LogP contribution in [0.25, 0.3) is 0 Å². The second-order valence-corrected chi connectivity index (χ2v) is 7.35. The van der Waals surface area contributed by atoms with Gasteiger partial charge in [0.15, 0.2) is 0 Å². The Hall–Kier alpha value is -0.980. The number of pyridine rings is 1. The predicted molar refractivity (Wildman–Crippen MR) is 86.6 cm³/mol. The second-order valence-electron chi connectivity index (χ2n) is 5.42. The van der Waals surface area contributed by atoms with Crippen molar-refractivity contribution >= 4 is 10.0 Å². The molecule has 0 bridgehead atoms. The smallest absolute Gasteiger partial charge is 0.211 e. The Bertz CT molecular complexity index is 515. The van der Waals surface area contributed by atoms with Gasteiger partial charge in [-0.15, -0.1) is 0 Å². The van der Waals surface area contributed by atoms with Gasteiger partial charge in [-0.05, 0) is 37.4 Å². The Labute approximate surface area is 128 Å². The monoisotopic (exact) mass is 313 g/mol. The zero-order valence-corrected chi connectivity index (χ0v) is 14.0. The molecule has 21 heavy (non-hydrogen) atoms. The van der Waals surface area contributed by atoms with Crippen LogP contribution in [0.1, 0.15) is 44.9 Å². The molecule has 0 radical (unpaired) electrons. The molecule has 0 amide bonds. The summed E-state index contributed by atoms with van der Waals surface area (Å²) in [6.45, 7) is 7.33. The minimum absolute atomic E-state index is 0.168. The minimum atomic E-state index is -3.22. The van der Waals surface area contributed by atoms with Gasteiger partial charge < -0.3 is 5.32 Å². The number of hydrogen-bond donors (Lipinski definition) is 2. The largest absolute Gasteiger partial charge is 0.315 e. The molecule has 1 heterocycles. The van der Waals surface area contributed by atoms with Crippen LogP contribution < -0.4 is 10.0 Å². The average Bonchev–Trinajstić information content (AvgIpc) is 2.44. The van der Waals surface area contributed by atoms with E-state index in [1.54, 1.807) is 6.20 Å². The maximum atomic E-state index is 11.9. The highest BCUT2D eigenvalue weighted by atomic mass is 32.2. The van der Waals surface area contributed by atoms with Crippen LogP contribution in [0.2, 0.25) is 0 Å². The number of sulfonamides is 1. The molecule has 0 aliphatic carbocycles. The van der Waals surface area contributed by atoms with Gasteiger partial charge >= 0.3 is 0 Å². The van der Waals surface area contributed by atoms with Crippen molar-refractivity contribution in [3.8, 4) is 0 Å². The SMILES string of the molecule is CCc1cccnc1CNS(=O)(=O)CCCCNC(C)C. The molecule has 0 saturated carbocycles. The summed E-state index contributed by atoms with van der Waals surface area (Å²) >= 11 is 0. The van der Waals surface area contributed by atoms with Gasteiger partial charge in [-0.1, -0.05) is 26.8 Å². The zero-order chi connectivity index (χ0) is 15.7. The second kappa shape index (κ2) is 9.12. The van der Waals surface area contributed by atoms with Crippen LogP contribution in [0.15, 0.2) is 18.3 Å². The number of nitrogens with zero attached hydrogens (tertiary/aromatic N) is 1. The van der Waals surface area contributed by atoms with Crippen LogP contribution in [0.5, 0.6) is 0 Å². The third-order valence-corrected chi connectivity index (χ3v) is 4.63. The van der Waals surface area contributed by atoms with Gasteiger partial charge in [0.05, 0.1) is 18.0 Å². The van der Waals surface area contributed by atoms with Crippen LogP contribution in [0, 0.1) is 0 Å². The first-order chi connectivity index (χ1) is 9.94. The van der Waals surface area contributed by atoms with E-state index >= 15 is 0 Å². The van der Waals surface area contributed by atoms with E-state index in [0.29, 0.717) is 12.5 Å². The molecule has 0 aliphatic heterocycles. The fourth-order valence-corrected chi connectivity index (χ4v) is 3.10. The molecule has 1 aromatic heterocycles. The molecule has 6 heteroatoms. The van der Waals surface area contributed by atoms with E-state index in [1.807, 2.05) is 19.1 Å².